The number of aliphatic hydroxyl groups is 1. The first kappa shape index (κ1) is 14.0. The minimum Gasteiger partial charge on any atom is -0.396 e. The smallest absolute Gasteiger partial charge is 0.261 e. The molecule has 0 saturated heterocycles. The number of aliphatic hydroxyl groups excluding tert-OH is 1. The maximum atomic E-state index is 12.3. The monoisotopic (exact) mass is 277 g/mol. The Morgan fingerprint density at radius 2 is 2.05 bits per heavy atom. The van der Waals surface area contributed by atoms with Crippen LogP contribution in [0.5, 0.6) is 0 Å². The fourth-order valence-corrected chi connectivity index (χ4v) is 3.08. The second-order valence-electron chi connectivity index (χ2n) is 4.97. The van der Waals surface area contributed by atoms with E-state index >= 15 is 0 Å². The molecule has 2 aromatic rings. The molecule has 2 rings (SSSR count). The maximum Gasteiger partial charge on any atom is 0.261 e. The van der Waals surface area contributed by atoms with Gasteiger partial charge in [-0.15, -0.1) is 11.3 Å². The molecule has 2 unspecified atom stereocenters. The predicted molar refractivity (Wildman–Crippen MR) is 79.7 cm³/mol. The standard InChI is InChI=1S/C15H19NO2S/c1-9(8-17)11(3)16-15(18)14-10(2)12-6-4-5-7-13(12)19-14/h4-7,9,11,17H,8H2,1-3H3,(H,16,18). The van der Waals surface area contributed by atoms with Crippen LogP contribution >= 0.6 is 11.3 Å². The van der Waals surface area contributed by atoms with Gasteiger partial charge in [-0.1, -0.05) is 25.1 Å². The number of carbonyl (C=O) groups is 1. The van der Waals surface area contributed by atoms with Crippen molar-refractivity contribution in [3.05, 3.63) is 34.7 Å². The number of nitrogens with one attached hydrogen (secondary N) is 1. The van der Waals surface area contributed by atoms with Gasteiger partial charge in [0.2, 0.25) is 0 Å². The van der Waals surface area contributed by atoms with Crippen LogP contribution in [0.3, 0.4) is 0 Å². The molecule has 0 bridgehead atoms. The summed E-state index contributed by atoms with van der Waals surface area (Å²) in [5, 5.41) is 13.2. The number of hydrogen-bond acceptors (Lipinski definition) is 3. The Balaban J connectivity index is 2.24. The third kappa shape index (κ3) is 2.80. The first-order chi connectivity index (χ1) is 9.04. The highest BCUT2D eigenvalue weighted by Gasteiger charge is 2.19. The van der Waals surface area contributed by atoms with E-state index in [1.807, 2.05) is 45.0 Å². The number of fused-ring (bicyclic) bond motifs is 1. The van der Waals surface area contributed by atoms with Gasteiger partial charge < -0.3 is 10.4 Å². The van der Waals surface area contributed by atoms with Gasteiger partial charge in [0.1, 0.15) is 0 Å². The molecule has 0 fully saturated rings. The second-order valence-corrected chi connectivity index (χ2v) is 6.03. The van der Waals surface area contributed by atoms with Crippen LogP contribution in [0, 0.1) is 12.8 Å². The van der Waals surface area contributed by atoms with Gasteiger partial charge in [-0.05, 0) is 36.8 Å². The van der Waals surface area contributed by atoms with E-state index in [1.165, 1.54) is 11.3 Å². The van der Waals surface area contributed by atoms with E-state index < -0.39 is 0 Å². The van der Waals surface area contributed by atoms with Crippen LogP contribution in [0.2, 0.25) is 0 Å². The number of amides is 1. The molecule has 0 spiro atoms. The average Bonchev–Trinajstić information content (AvgIpc) is 2.75. The zero-order chi connectivity index (χ0) is 14.0. The second kappa shape index (κ2) is 5.72. The fraction of sp³-hybridized carbons (Fsp3) is 0.400. The van der Waals surface area contributed by atoms with Crippen LogP contribution in [-0.4, -0.2) is 23.7 Å². The molecule has 1 amide bonds. The van der Waals surface area contributed by atoms with E-state index in [9.17, 15) is 4.79 Å². The Morgan fingerprint density at radius 1 is 1.37 bits per heavy atom. The van der Waals surface area contributed by atoms with E-state index in [-0.39, 0.29) is 24.5 Å². The summed E-state index contributed by atoms with van der Waals surface area (Å²) in [6, 6.07) is 8.00. The van der Waals surface area contributed by atoms with Crippen LogP contribution in [0.15, 0.2) is 24.3 Å². The van der Waals surface area contributed by atoms with Crippen LogP contribution in [-0.2, 0) is 0 Å². The zero-order valence-electron chi connectivity index (χ0n) is 11.4. The lowest BCUT2D eigenvalue weighted by Crippen LogP contribution is -2.38. The molecule has 1 heterocycles. The summed E-state index contributed by atoms with van der Waals surface area (Å²) >= 11 is 1.52. The third-order valence-corrected chi connectivity index (χ3v) is 4.82. The normalized spacial score (nSPS) is 14.3. The molecule has 0 aliphatic heterocycles. The molecule has 0 radical (unpaired) electrons. The van der Waals surface area contributed by atoms with Crippen molar-refractivity contribution in [3.8, 4) is 0 Å². The molecule has 0 saturated carbocycles. The first-order valence-electron chi connectivity index (χ1n) is 6.44. The first-order valence-corrected chi connectivity index (χ1v) is 7.26. The van der Waals surface area contributed by atoms with E-state index in [4.69, 9.17) is 5.11 Å². The van der Waals surface area contributed by atoms with Crippen molar-refractivity contribution in [3.63, 3.8) is 0 Å². The Kier molecular flexibility index (Phi) is 4.22. The summed E-state index contributed by atoms with van der Waals surface area (Å²) in [5.41, 5.74) is 1.03. The van der Waals surface area contributed by atoms with Crippen LogP contribution in [0.25, 0.3) is 10.1 Å². The highest BCUT2D eigenvalue weighted by Crippen LogP contribution is 2.30. The van der Waals surface area contributed by atoms with Crippen molar-refractivity contribution in [2.75, 3.05) is 6.61 Å². The summed E-state index contributed by atoms with van der Waals surface area (Å²) in [5.74, 6) is 0.00475. The number of benzene rings is 1. The minimum atomic E-state index is -0.0495. The van der Waals surface area contributed by atoms with Gasteiger partial charge in [-0.3, -0.25) is 4.79 Å². The van der Waals surface area contributed by atoms with Gasteiger partial charge in [-0.2, -0.15) is 0 Å². The number of carbonyl (C=O) groups excluding carboxylic acids is 1. The molecule has 102 valence electrons. The summed E-state index contributed by atoms with van der Waals surface area (Å²) in [6.45, 7) is 5.89. The third-order valence-electron chi connectivity index (χ3n) is 3.55. The zero-order valence-corrected chi connectivity index (χ0v) is 12.3. The number of hydrogen-bond donors (Lipinski definition) is 2. The lowest BCUT2D eigenvalue weighted by atomic mass is 10.0. The maximum absolute atomic E-state index is 12.3. The number of rotatable bonds is 4. The molecule has 0 aliphatic rings. The lowest BCUT2D eigenvalue weighted by Gasteiger charge is -2.18. The highest BCUT2D eigenvalue weighted by molar-refractivity contribution is 7.21. The van der Waals surface area contributed by atoms with Gasteiger partial charge in [0.15, 0.2) is 0 Å². The van der Waals surface area contributed by atoms with Gasteiger partial charge in [0, 0.05) is 17.3 Å². The van der Waals surface area contributed by atoms with Crippen molar-refractivity contribution in [1.82, 2.24) is 5.32 Å². The van der Waals surface area contributed by atoms with Crippen LogP contribution in [0.4, 0.5) is 0 Å². The molecule has 19 heavy (non-hydrogen) atoms. The Morgan fingerprint density at radius 3 is 2.68 bits per heavy atom. The van der Waals surface area contributed by atoms with Crippen molar-refractivity contribution in [2.45, 2.75) is 26.8 Å². The summed E-state index contributed by atoms with van der Waals surface area (Å²) < 4.78 is 1.13. The molecule has 3 nitrogen and oxygen atoms in total. The van der Waals surface area contributed by atoms with Gasteiger partial charge >= 0.3 is 0 Å². The molecule has 0 aliphatic carbocycles. The Hall–Kier alpha value is -1.39. The molecule has 4 heteroatoms. The largest absolute Gasteiger partial charge is 0.396 e. The van der Waals surface area contributed by atoms with E-state index in [0.717, 1.165) is 20.5 Å². The quantitative estimate of drug-likeness (QED) is 0.902. The van der Waals surface area contributed by atoms with E-state index in [0.29, 0.717) is 0 Å². The minimum absolute atomic E-state index is 0.0397. The van der Waals surface area contributed by atoms with Crippen molar-refractivity contribution < 1.29 is 9.90 Å². The summed E-state index contributed by atoms with van der Waals surface area (Å²) in [7, 11) is 0. The molecule has 1 aromatic heterocycles. The topological polar surface area (TPSA) is 49.3 Å². The average molecular weight is 277 g/mol. The highest BCUT2D eigenvalue weighted by atomic mass is 32.1. The van der Waals surface area contributed by atoms with Crippen LogP contribution in [0.1, 0.15) is 29.1 Å². The number of aryl methyl sites for hydroxylation is 1. The Bertz CT molecular complexity index is 591. The predicted octanol–water partition coefficient (Wildman–Crippen LogP) is 2.96. The fourth-order valence-electron chi connectivity index (χ4n) is 1.96. The van der Waals surface area contributed by atoms with Crippen LogP contribution < -0.4 is 5.32 Å². The number of thiophene rings is 1. The van der Waals surface area contributed by atoms with Crippen molar-refractivity contribution in [2.24, 2.45) is 5.92 Å². The SMILES string of the molecule is Cc1c(C(=O)NC(C)C(C)CO)sc2ccccc12. The Labute approximate surface area is 117 Å². The van der Waals surface area contributed by atoms with Crippen molar-refractivity contribution in [1.29, 1.82) is 0 Å². The molecular formula is C15H19NO2S. The summed E-state index contributed by atoms with van der Waals surface area (Å²) in [6.07, 6.45) is 0. The molecule has 2 N–H and O–H groups in total. The van der Waals surface area contributed by atoms with Gasteiger partial charge in [0.25, 0.3) is 5.91 Å². The molecule has 2 atom stereocenters. The molecule has 1 aromatic carbocycles. The van der Waals surface area contributed by atoms with Gasteiger partial charge in [-0.25, -0.2) is 0 Å². The van der Waals surface area contributed by atoms with E-state index in [1.54, 1.807) is 0 Å². The summed E-state index contributed by atoms with van der Waals surface area (Å²) in [4.78, 5) is 13.0. The van der Waals surface area contributed by atoms with E-state index in [2.05, 4.69) is 5.32 Å². The van der Waals surface area contributed by atoms with Gasteiger partial charge in [0.05, 0.1) is 4.88 Å². The lowest BCUT2D eigenvalue weighted by molar-refractivity contribution is 0.0920. The van der Waals surface area contributed by atoms with Crippen molar-refractivity contribution >= 4 is 27.3 Å². The molecular weight excluding hydrogens is 258 g/mol.